The fraction of sp³-hybridized carbons (Fsp3) is 0.294. The molecule has 112 valence electrons. The smallest absolute Gasteiger partial charge is 0.160 e. The topological polar surface area (TPSA) is 61.7 Å². The van der Waals surface area contributed by atoms with Crippen LogP contribution in [0.4, 0.5) is 0 Å². The van der Waals surface area contributed by atoms with Crippen LogP contribution in [0.5, 0.6) is 11.5 Å². The number of aromatic hydroxyl groups is 1. The van der Waals surface area contributed by atoms with Gasteiger partial charge >= 0.3 is 0 Å². The molecular formula is C17H21NO3. The van der Waals surface area contributed by atoms with E-state index in [1.54, 1.807) is 12.1 Å². The normalized spacial score (nSPS) is 13.7. The molecule has 4 heteroatoms. The first-order valence-electron chi connectivity index (χ1n) is 6.94. The third-order valence-electron chi connectivity index (χ3n) is 3.54. The summed E-state index contributed by atoms with van der Waals surface area (Å²) in [7, 11) is 1.53. The van der Waals surface area contributed by atoms with Gasteiger partial charge in [-0.15, -0.1) is 0 Å². The van der Waals surface area contributed by atoms with E-state index in [1.165, 1.54) is 7.11 Å². The number of rotatable bonds is 6. The second-order valence-corrected chi connectivity index (χ2v) is 4.97. The molecule has 1 unspecified atom stereocenters. The summed E-state index contributed by atoms with van der Waals surface area (Å²) >= 11 is 0. The van der Waals surface area contributed by atoms with Gasteiger partial charge < -0.3 is 20.3 Å². The highest BCUT2D eigenvalue weighted by Gasteiger charge is 2.15. The van der Waals surface area contributed by atoms with Gasteiger partial charge in [-0.25, -0.2) is 0 Å². The molecule has 0 aliphatic carbocycles. The average molecular weight is 287 g/mol. The van der Waals surface area contributed by atoms with E-state index in [1.807, 2.05) is 43.3 Å². The highest BCUT2D eigenvalue weighted by molar-refractivity contribution is 5.42. The molecule has 0 radical (unpaired) electrons. The molecule has 0 aliphatic rings. The SMILES string of the molecule is COc1cc(C(C)N[C@@H](CO)c2ccccc2)ccc1O. The lowest BCUT2D eigenvalue weighted by atomic mass is 10.0. The summed E-state index contributed by atoms with van der Waals surface area (Å²) in [5.41, 5.74) is 2.02. The number of hydrogen-bond donors (Lipinski definition) is 3. The maximum Gasteiger partial charge on any atom is 0.160 e. The first-order chi connectivity index (χ1) is 10.2. The van der Waals surface area contributed by atoms with Crippen molar-refractivity contribution in [1.82, 2.24) is 5.32 Å². The minimum absolute atomic E-state index is 0.0110. The van der Waals surface area contributed by atoms with Crippen molar-refractivity contribution in [3.63, 3.8) is 0 Å². The molecule has 2 rings (SSSR count). The maximum absolute atomic E-state index is 9.64. The molecule has 0 spiro atoms. The Kier molecular flexibility index (Phi) is 5.20. The zero-order valence-electron chi connectivity index (χ0n) is 12.3. The number of nitrogens with one attached hydrogen (secondary N) is 1. The molecule has 0 aliphatic heterocycles. The summed E-state index contributed by atoms with van der Waals surface area (Å²) in [6, 6.07) is 15.0. The lowest BCUT2D eigenvalue weighted by Crippen LogP contribution is -2.27. The van der Waals surface area contributed by atoms with Gasteiger partial charge in [-0.05, 0) is 30.2 Å². The summed E-state index contributed by atoms with van der Waals surface area (Å²) in [4.78, 5) is 0. The fourth-order valence-corrected chi connectivity index (χ4v) is 2.30. The molecule has 0 aromatic heterocycles. The number of phenolic OH excluding ortho intramolecular Hbond substituents is 1. The number of aliphatic hydroxyl groups is 1. The molecule has 2 atom stereocenters. The molecule has 2 aromatic carbocycles. The zero-order chi connectivity index (χ0) is 15.2. The molecule has 0 amide bonds. The molecule has 3 N–H and O–H groups in total. The molecule has 0 saturated heterocycles. The molecule has 2 aromatic rings. The van der Waals surface area contributed by atoms with Gasteiger partial charge in [-0.3, -0.25) is 0 Å². The van der Waals surface area contributed by atoms with Crippen LogP contribution >= 0.6 is 0 Å². The van der Waals surface area contributed by atoms with Gasteiger partial charge in [-0.2, -0.15) is 0 Å². The maximum atomic E-state index is 9.64. The van der Waals surface area contributed by atoms with Gasteiger partial charge in [0.25, 0.3) is 0 Å². The van der Waals surface area contributed by atoms with E-state index < -0.39 is 0 Å². The Labute approximate surface area is 125 Å². The molecule has 4 nitrogen and oxygen atoms in total. The van der Waals surface area contributed by atoms with Crippen LogP contribution in [-0.4, -0.2) is 23.9 Å². The lowest BCUT2D eigenvalue weighted by Gasteiger charge is -2.23. The number of hydrogen-bond acceptors (Lipinski definition) is 4. The summed E-state index contributed by atoms with van der Waals surface area (Å²) in [5.74, 6) is 0.566. The Hall–Kier alpha value is -2.04. The van der Waals surface area contributed by atoms with Crippen molar-refractivity contribution in [3.05, 3.63) is 59.7 Å². The summed E-state index contributed by atoms with van der Waals surface area (Å²) in [5, 5.41) is 22.6. The predicted octanol–water partition coefficient (Wildman–Crippen LogP) is 2.79. The van der Waals surface area contributed by atoms with Crippen LogP contribution in [-0.2, 0) is 0 Å². The van der Waals surface area contributed by atoms with Gasteiger partial charge in [0.05, 0.1) is 19.8 Å². The Morgan fingerprint density at radius 2 is 1.81 bits per heavy atom. The van der Waals surface area contributed by atoms with E-state index in [9.17, 15) is 10.2 Å². The van der Waals surface area contributed by atoms with E-state index in [2.05, 4.69) is 5.32 Å². The molecule has 0 saturated carbocycles. The quantitative estimate of drug-likeness (QED) is 0.764. The minimum Gasteiger partial charge on any atom is -0.504 e. The van der Waals surface area contributed by atoms with Gasteiger partial charge in [0.2, 0.25) is 0 Å². The van der Waals surface area contributed by atoms with Crippen LogP contribution in [0.25, 0.3) is 0 Å². The predicted molar refractivity (Wildman–Crippen MR) is 82.5 cm³/mol. The fourth-order valence-electron chi connectivity index (χ4n) is 2.30. The number of phenols is 1. The van der Waals surface area contributed by atoms with Crippen molar-refractivity contribution < 1.29 is 14.9 Å². The van der Waals surface area contributed by atoms with Gasteiger partial charge in [0, 0.05) is 6.04 Å². The van der Waals surface area contributed by atoms with E-state index in [4.69, 9.17) is 4.74 Å². The molecule has 0 fully saturated rings. The van der Waals surface area contributed by atoms with Gasteiger partial charge in [0.15, 0.2) is 11.5 Å². The Bertz CT molecular complexity index is 572. The summed E-state index contributed by atoms with van der Waals surface area (Å²) in [6.45, 7) is 2.03. The van der Waals surface area contributed by atoms with Crippen molar-refractivity contribution in [3.8, 4) is 11.5 Å². The van der Waals surface area contributed by atoms with Crippen LogP contribution in [0.2, 0.25) is 0 Å². The largest absolute Gasteiger partial charge is 0.504 e. The molecule has 0 bridgehead atoms. The van der Waals surface area contributed by atoms with E-state index >= 15 is 0 Å². The highest BCUT2D eigenvalue weighted by atomic mass is 16.5. The van der Waals surface area contributed by atoms with Crippen LogP contribution in [0.1, 0.15) is 30.1 Å². The Morgan fingerprint density at radius 1 is 1.10 bits per heavy atom. The first-order valence-corrected chi connectivity index (χ1v) is 6.94. The molecule has 21 heavy (non-hydrogen) atoms. The zero-order valence-corrected chi connectivity index (χ0v) is 12.3. The molecular weight excluding hydrogens is 266 g/mol. The van der Waals surface area contributed by atoms with Crippen molar-refractivity contribution in [2.24, 2.45) is 0 Å². The molecule has 0 heterocycles. The first kappa shape index (κ1) is 15.4. The second-order valence-electron chi connectivity index (χ2n) is 4.97. The van der Waals surface area contributed by atoms with Crippen LogP contribution in [0, 0.1) is 0 Å². The van der Waals surface area contributed by atoms with Crippen LogP contribution in [0.15, 0.2) is 48.5 Å². The van der Waals surface area contributed by atoms with Crippen molar-refractivity contribution in [2.75, 3.05) is 13.7 Å². The van der Waals surface area contributed by atoms with E-state index in [0.29, 0.717) is 5.75 Å². The van der Waals surface area contributed by atoms with E-state index in [0.717, 1.165) is 11.1 Å². The number of ether oxygens (including phenoxy) is 1. The van der Waals surface area contributed by atoms with Gasteiger partial charge in [-0.1, -0.05) is 36.4 Å². The second kappa shape index (κ2) is 7.11. The standard InChI is InChI=1S/C17H21NO3/c1-12(14-8-9-16(20)17(10-14)21-2)18-15(11-19)13-6-4-3-5-7-13/h3-10,12,15,18-20H,11H2,1-2H3/t12?,15-/m0/s1. The lowest BCUT2D eigenvalue weighted by molar-refractivity contribution is 0.235. The average Bonchev–Trinajstić information content (AvgIpc) is 2.53. The Morgan fingerprint density at radius 3 is 2.43 bits per heavy atom. The van der Waals surface area contributed by atoms with Crippen molar-refractivity contribution in [2.45, 2.75) is 19.0 Å². The third kappa shape index (κ3) is 3.74. The highest BCUT2D eigenvalue weighted by Crippen LogP contribution is 2.29. The minimum atomic E-state index is -0.138. The summed E-state index contributed by atoms with van der Waals surface area (Å²) < 4.78 is 5.12. The van der Waals surface area contributed by atoms with E-state index in [-0.39, 0.29) is 24.4 Å². The number of methoxy groups -OCH3 is 1. The van der Waals surface area contributed by atoms with Crippen LogP contribution < -0.4 is 10.1 Å². The third-order valence-corrected chi connectivity index (χ3v) is 3.54. The number of aliphatic hydroxyl groups excluding tert-OH is 1. The van der Waals surface area contributed by atoms with Crippen LogP contribution in [0.3, 0.4) is 0 Å². The van der Waals surface area contributed by atoms with Crippen molar-refractivity contribution in [1.29, 1.82) is 0 Å². The number of benzene rings is 2. The van der Waals surface area contributed by atoms with Gasteiger partial charge in [0.1, 0.15) is 0 Å². The summed E-state index contributed by atoms with van der Waals surface area (Å²) in [6.07, 6.45) is 0. The monoisotopic (exact) mass is 287 g/mol. The Balaban J connectivity index is 2.14. The van der Waals surface area contributed by atoms with Crippen molar-refractivity contribution >= 4 is 0 Å².